The van der Waals surface area contributed by atoms with Gasteiger partial charge < -0.3 is 18.9 Å². The van der Waals surface area contributed by atoms with Gasteiger partial charge in [-0.05, 0) is 49.8 Å². The minimum absolute atomic E-state index is 0. The smallest absolute Gasteiger partial charge is 0.254 e. The Morgan fingerprint density at radius 3 is 2.96 bits per heavy atom. The second-order valence-corrected chi connectivity index (χ2v) is 5.90. The fourth-order valence-corrected chi connectivity index (χ4v) is 2.69. The number of likely N-dealkylation sites (N-methyl/N-ethyl adjacent to an activating group) is 1. The molecule has 1 aromatic heterocycles. The van der Waals surface area contributed by atoms with E-state index in [4.69, 9.17) is 25.6 Å². The van der Waals surface area contributed by atoms with Gasteiger partial charge in [0.1, 0.15) is 19.0 Å². The van der Waals surface area contributed by atoms with E-state index < -0.39 is 0 Å². The van der Waals surface area contributed by atoms with Crippen LogP contribution in [0.3, 0.4) is 0 Å². The SMILES string of the molecule is CN1CCC[C@H]1COc1cc(COc2cccc(Cl)c2)on1.Cl. The number of aromatic nitrogens is 1. The van der Waals surface area contributed by atoms with Gasteiger partial charge in [-0.2, -0.15) is 0 Å². The maximum atomic E-state index is 5.91. The Hall–Kier alpha value is -1.43. The molecule has 2 heterocycles. The van der Waals surface area contributed by atoms with E-state index in [0.29, 0.717) is 41.7 Å². The zero-order chi connectivity index (χ0) is 15.4. The van der Waals surface area contributed by atoms with E-state index in [9.17, 15) is 0 Å². The number of hydrogen-bond donors (Lipinski definition) is 0. The van der Waals surface area contributed by atoms with Crippen LogP contribution in [0.5, 0.6) is 11.6 Å². The monoisotopic (exact) mass is 358 g/mol. The van der Waals surface area contributed by atoms with Crippen LogP contribution in [-0.2, 0) is 6.61 Å². The summed E-state index contributed by atoms with van der Waals surface area (Å²) in [4.78, 5) is 2.31. The van der Waals surface area contributed by atoms with Crippen molar-refractivity contribution in [2.75, 3.05) is 20.2 Å². The van der Waals surface area contributed by atoms with Crippen molar-refractivity contribution in [2.45, 2.75) is 25.5 Å². The van der Waals surface area contributed by atoms with E-state index in [2.05, 4.69) is 17.1 Å². The van der Waals surface area contributed by atoms with Crippen molar-refractivity contribution in [3.8, 4) is 11.6 Å². The lowest BCUT2D eigenvalue weighted by Crippen LogP contribution is -2.30. The number of rotatable bonds is 6. The minimum atomic E-state index is 0. The van der Waals surface area contributed by atoms with E-state index in [1.165, 1.54) is 12.8 Å². The Kier molecular flexibility index (Phi) is 6.57. The van der Waals surface area contributed by atoms with E-state index in [0.717, 1.165) is 6.54 Å². The van der Waals surface area contributed by atoms with Gasteiger partial charge in [-0.25, -0.2) is 0 Å². The first-order valence-corrected chi connectivity index (χ1v) is 7.75. The van der Waals surface area contributed by atoms with Crippen LogP contribution < -0.4 is 9.47 Å². The molecule has 0 aliphatic carbocycles. The van der Waals surface area contributed by atoms with Gasteiger partial charge in [0.25, 0.3) is 5.88 Å². The van der Waals surface area contributed by atoms with Crippen LogP contribution in [0.1, 0.15) is 18.6 Å². The number of hydrogen-bond acceptors (Lipinski definition) is 5. The summed E-state index contributed by atoms with van der Waals surface area (Å²) < 4.78 is 16.5. The van der Waals surface area contributed by atoms with E-state index in [1.807, 2.05) is 12.1 Å². The molecule has 0 bridgehead atoms. The third kappa shape index (κ3) is 5.03. The molecule has 1 aliphatic heterocycles. The molecule has 23 heavy (non-hydrogen) atoms. The van der Waals surface area contributed by atoms with Crippen molar-refractivity contribution in [3.63, 3.8) is 0 Å². The topological polar surface area (TPSA) is 47.7 Å². The third-order valence-corrected chi connectivity index (χ3v) is 4.04. The number of ether oxygens (including phenoxy) is 2. The van der Waals surface area contributed by atoms with Crippen molar-refractivity contribution in [2.24, 2.45) is 0 Å². The largest absolute Gasteiger partial charge is 0.485 e. The van der Waals surface area contributed by atoms with Gasteiger partial charge in [0.2, 0.25) is 0 Å². The van der Waals surface area contributed by atoms with Crippen LogP contribution in [0.25, 0.3) is 0 Å². The molecule has 1 fully saturated rings. The zero-order valence-electron chi connectivity index (χ0n) is 12.9. The normalized spacial score (nSPS) is 17.7. The third-order valence-electron chi connectivity index (χ3n) is 3.81. The van der Waals surface area contributed by atoms with Crippen molar-refractivity contribution in [1.29, 1.82) is 0 Å². The molecule has 1 aliphatic rings. The molecule has 0 radical (unpaired) electrons. The van der Waals surface area contributed by atoms with Crippen LogP contribution in [-0.4, -0.2) is 36.3 Å². The van der Waals surface area contributed by atoms with E-state index in [-0.39, 0.29) is 12.4 Å². The summed E-state index contributed by atoms with van der Waals surface area (Å²) in [6.07, 6.45) is 2.39. The predicted molar refractivity (Wildman–Crippen MR) is 90.7 cm³/mol. The minimum Gasteiger partial charge on any atom is -0.485 e. The number of likely N-dealkylation sites (tertiary alicyclic amines) is 1. The lowest BCUT2D eigenvalue weighted by Gasteiger charge is -2.18. The molecular weight excluding hydrogens is 339 g/mol. The Morgan fingerprint density at radius 1 is 1.35 bits per heavy atom. The molecule has 5 nitrogen and oxygen atoms in total. The molecule has 2 aromatic rings. The molecule has 0 amide bonds. The van der Waals surface area contributed by atoms with Crippen molar-refractivity contribution >= 4 is 24.0 Å². The summed E-state index contributed by atoms with van der Waals surface area (Å²) in [6, 6.07) is 9.46. The molecule has 3 rings (SSSR count). The first-order chi connectivity index (χ1) is 10.7. The summed E-state index contributed by atoms with van der Waals surface area (Å²) >= 11 is 5.91. The zero-order valence-corrected chi connectivity index (χ0v) is 14.5. The molecule has 0 spiro atoms. The molecule has 1 saturated heterocycles. The number of nitrogens with zero attached hydrogens (tertiary/aromatic N) is 2. The van der Waals surface area contributed by atoms with Crippen LogP contribution in [0.15, 0.2) is 34.9 Å². The summed E-state index contributed by atoms with van der Waals surface area (Å²) in [5.74, 6) is 1.82. The number of benzene rings is 1. The van der Waals surface area contributed by atoms with Crippen molar-refractivity contribution < 1.29 is 14.0 Å². The predicted octanol–water partition coefficient (Wildman–Crippen LogP) is 3.80. The number of halogens is 2. The van der Waals surface area contributed by atoms with Gasteiger partial charge in [-0.15, -0.1) is 12.4 Å². The Morgan fingerprint density at radius 2 is 2.22 bits per heavy atom. The lowest BCUT2D eigenvalue weighted by atomic mass is 10.2. The maximum Gasteiger partial charge on any atom is 0.254 e. The molecule has 1 atom stereocenters. The second-order valence-electron chi connectivity index (χ2n) is 5.47. The highest BCUT2D eigenvalue weighted by molar-refractivity contribution is 6.30. The standard InChI is InChI=1S/C16H19ClN2O3.ClH/c1-19-7-3-5-13(19)10-21-16-9-15(22-18-16)11-20-14-6-2-4-12(17)8-14;/h2,4,6,8-9,13H,3,5,7,10-11H2,1H3;1H/t13-;/m0./s1. The van der Waals surface area contributed by atoms with Gasteiger partial charge in [0.15, 0.2) is 5.76 Å². The van der Waals surface area contributed by atoms with Gasteiger partial charge in [0, 0.05) is 17.1 Å². The fourth-order valence-electron chi connectivity index (χ4n) is 2.51. The summed E-state index contributed by atoms with van der Waals surface area (Å²) in [6.45, 7) is 2.06. The average Bonchev–Trinajstić information content (AvgIpc) is 3.12. The summed E-state index contributed by atoms with van der Waals surface area (Å²) in [7, 11) is 2.12. The van der Waals surface area contributed by atoms with Crippen molar-refractivity contribution in [1.82, 2.24) is 10.1 Å². The van der Waals surface area contributed by atoms with Crippen molar-refractivity contribution in [3.05, 3.63) is 41.1 Å². The van der Waals surface area contributed by atoms with Crippen LogP contribution in [0.2, 0.25) is 5.02 Å². The summed E-state index contributed by atoms with van der Waals surface area (Å²) in [5, 5.41) is 4.55. The maximum absolute atomic E-state index is 5.91. The fraction of sp³-hybridized carbons (Fsp3) is 0.438. The highest BCUT2D eigenvalue weighted by Gasteiger charge is 2.21. The van der Waals surface area contributed by atoms with Crippen LogP contribution in [0.4, 0.5) is 0 Å². The molecule has 0 saturated carbocycles. The first kappa shape index (κ1) is 17.9. The Bertz CT molecular complexity index is 621. The van der Waals surface area contributed by atoms with Gasteiger partial charge in [-0.1, -0.05) is 17.7 Å². The van der Waals surface area contributed by atoms with Crippen LogP contribution >= 0.6 is 24.0 Å². The highest BCUT2D eigenvalue weighted by Crippen LogP contribution is 2.20. The highest BCUT2D eigenvalue weighted by atomic mass is 35.5. The molecule has 0 unspecified atom stereocenters. The molecule has 7 heteroatoms. The lowest BCUT2D eigenvalue weighted by molar-refractivity contribution is 0.184. The first-order valence-electron chi connectivity index (χ1n) is 7.38. The average molecular weight is 359 g/mol. The Balaban J connectivity index is 0.00000192. The summed E-state index contributed by atoms with van der Waals surface area (Å²) in [5.41, 5.74) is 0. The van der Waals surface area contributed by atoms with Gasteiger partial charge in [0.05, 0.1) is 0 Å². The second kappa shape index (κ2) is 8.43. The molecule has 126 valence electrons. The van der Waals surface area contributed by atoms with Gasteiger partial charge >= 0.3 is 0 Å². The van der Waals surface area contributed by atoms with E-state index in [1.54, 1.807) is 18.2 Å². The molecule has 0 N–H and O–H groups in total. The molecule has 1 aromatic carbocycles. The van der Waals surface area contributed by atoms with E-state index >= 15 is 0 Å². The molecular formula is C16H20Cl2N2O3. The van der Waals surface area contributed by atoms with Crippen LogP contribution in [0, 0.1) is 0 Å². The van der Waals surface area contributed by atoms with Gasteiger partial charge in [-0.3, -0.25) is 0 Å². The quantitative estimate of drug-likeness (QED) is 0.785. The Labute approximate surface area is 146 Å².